The van der Waals surface area contributed by atoms with E-state index in [1.807, 2.05) is 24.3 Å². The third kappa shape index (κ3) is 4.49. The second-order valence-corrected chi connectivity index (χ2v) is 8.73. The maximum absolute atomic E-state index is 13.2. The fraction of sp³-hybridized carbons (Fsp3) is 0.160. The predicted molar refractivity (Wildman–Crippen MR) is 123 cm³/mol. The van der Waals surface area contributed by atoms with E-state index in [-0.39, 0.29) is 36.3 Å². The van der Waals surface area contributed by atoms with Gasteiger partial charge in [0.15, 0.2) is 5.78 Å². The van der Waals surface area contributed by atoms with Gasteiger partial charge in [-0.2, -0.15) is 0 Å². The molecule has 0 bridgehead atoms. The fourth-order valence-electron chi connectivity index (χ4n) is 3.60. The molecule has 4 rings (SSSR count). The maximum Gasteiger partial charge on any atom is 0.254 e. The molecule has 1 aromatic heterocycles. The molecule has 4 aromatic rings. The molecular formula is C25H21NO4S. The molecule has 0 saturated heterocycles. The van der Waals surface area contributed by atoms with Crippen molar-refractivity contribution in [3.63, 3.8) is 0 Å². The van der Waals surface area contributed by atoms with Crippen molar-refractivity contribution < 1.29 is 19.5 Å². The molecule has 1 N–H and O–H groups in total. The Bertz CT molecular complexity index is 1340. The van der Waals surface area contributed by atoms with Crippen LogP contribution in [0.4, 0.5) is 0 Å². The summed E-state index contributed by atoms with van der Waals surface area (Å²) in [5.74, 6) is -0.142. The van der Waals surface area contributed by atoms with Gasteiger partial charge < -0.3 is 10.0 Å². The number of thiophene rings is 1. The quantitative estimate of drug-likeness (QED) is 0.426. The van der Waals surface area contributed by atoms with Gasteiger partial charge in [0.1, 0.15) is 11.5 Å². The third-order valence-corrected chi connectivity index (χ3v) is 6.29. The maximum atomic E-state index is 13.2. The minimum atomic E-state index is -0.236. The van der Waals surface area contributed by atoms with Gasteiger partial charge in [-0.3, -0.25) is 14.4 Å². The first kappa shape index (κ1) is 20.8. The Morgan fingerprint density at radius 1 is 0.871 bits per heavy atom. The lowest BCUT2D eigenvalue weighted by Crippen LogP contribution is -2.34. The Morgan fingerprint density at radius 2 is 1.61 bits per heavy atom. The molecule has 0 atom stereocenters. The number of nitrogens with zero attached hydrogens (tertiary/aromatic N) is 1. The van der Waals surface area contributed by atoms with E-state index in [2.05, 4.69) is 0 Å². The van der Waals surface area contributed by atoms with Crippen molar-refractivity contribution in [3.05, 3.63) is 76.7 Å². The minimum absolute atomic E-state index is 0.00676. The predicted octanol–water partition coefficient (Wildman–Crippen LogP) is 5.19. The van der Waals surface area contributed by atoms with Crippen LogP contribution in [0.3, 0.4) is 0 Å². The highest BCUT2D eigenvalue weighted by molar-refractivity contribution is 7.20. The number of hydrogen-bond donors (Lipinski definition) is 1. The number of Topliss-reactive ketones (excluding diaryl/α,β-unsaturated/α-hetero) is 2. The molecule has 1 amide bonds. The molecule has 0 spiro atoms. The van der Waals surface area contributed by atoms with Crippen LogP contribution in [0, 0.1) is 0 Å². The molecule has 1 heterocycles. The zero-order valence-corrected chi connectivity index (χ0v) is 18.0. The number of benzene rings is 3. The van der Waals surface area contributed by atoms with Crippen molar-refractivity contribution >= 4 is 49.7 Å². The summed E-state index contributed by atoms with van der Waals surface area (Å²) in [5, 5.41) is 12.3. The number of rotatable bonds is 6. The molecule has 0 fully saturated rings. The van der Waals surface area contributed by atoms with E-state index in [9.17, 15) is 19.5 Å². The highest BCUT2D eigenvalue weighted by Gasteiger charge is 2.19. The smallest absolute Gasteiger partial charge is 0.254 e. The average molecular weight is 432 g/mol. The third-order valence-electron chi connectivity index (χ3n) is 5.07. The van der Waals surface area contributed by atoms with E-state index in [4.69, 9.17) is 0 Å². The highest BCUT2D eigenvalue weighted by Crippen LogP contribution is 2.28. The van der Waals surface area contributed by atoms with E-state index in [0.29, 0.717) is 10.4 Å². The molecule has 6 heteroatoms. The number of phenols is 1. The van der Waals surface area contributed by atoms with E-state index in [0.717, 1.165) is 26.4 Å². The average Bonchev–Trinajstić information content (AvgIpc) is 3.16. The zero-order chi connectivity index (χ0) is 22.1. The fourth-order valence-corrected chi connectivity index (χ4v) is 4.54. The topological polar surface area (TPSA) is 74.7 Å². The molecule has 0 aliphatic carbocycles. The standard InChI is InChI=1S/C25H21NO4S/c1-15(27)13-26(14-17-3-8-23-21(9-17)12-24(31-23)16(2)28)25(30)20-5-4-19-11-22(29)7-6-18(19)10-20/h3-12,29H,13-14H2,1-2H3. The Balaban J connectivity index is 1.64. The number of phenolic OH excluding ortho intramolecular Hbond substituents is 1. The normalized spacial score (nSPS) is 11.0. The van der Waals surface area contributed by atoms with Gasteiger partial charge in [0.05, 0.1) is 11.4 Å². The van der Waals surface area contributed by atoms with Crippen molar-refractivity contribution in [2.24, 2.45) is 0 Å². The van der Waals surface area contributed by atoms with E-state index < -0.39 is 0 Å². The molecule has 156 valence electrons. The Morgan fingerprint density at radius 3 is 2.35 bits per heavy atom. The lowest BCUT2D eigenvalue weighted by molar-refractivity contribution is -0.117. The van der Waals surface area contributed by atoms with Gasteiger partial charge in [-0.05, 0) is 78.0 Å². The number of amides is 1. The van der Waals surface area contributed by atoms with Gasteiger partial charge >= 0.3 is 0 Å². The van der Waals surface area contributed by atoms with Crippen molar-refractivity contribution in [2.75, 3.05) is 6.54 Å². The van der Waals surface area contributed by atoms with Crippen LogP contribution in [0.25, 0.3) is 20.9 Å². The summed E-state index contributed by atoms with van der Waals surface area (Å²) in [6.07, 6.45) is 0. The molecule has 5 nitrogen and oxygen atoms in total. The van der Waals surface area contributed by atoms with Crippen molar-refractivity contribution in [1.82, 2.24) is 4.90 Å². The summed E-state index contributed by atoms with van der Waals surface area (Å²) in [4.78, 5) is 39.0. The number of carbonyl (C=O) groups excluding carboxylic acids is 3. The van der Waals surface area contributed by atoms with E-state index >= 15 is 0 Å². The zero-order valence-electron chi connectivity index (χ0n) is 17.2. The van der Waals surface area contributed by atoms with Crippen LogP contribution in [0.1, 0.15) is 39.4 Å². The second-order valence-electron chi connectivity index (χ2n) is 7.65. The van der Waals surface area contributed by atoms with Crippen molar-refractivity contribution in [1.29, 1.82) is 0 Å². The lowest BCUT2D eigenvalue weighted by atomic mass is 10.1. The summed E-state index contributed by atoms with van der Waals surface area (Å²) in [6, 6.07) is 17.9. The van der Waals surface area contributed by atoms with Gasteiger partial charge in [0.25, 0.3) is 5.91 Å². The summed E-state index contributed by atoms with van der Waals surface area (Å²) in [6.45, 7) is 3.30. The Kier molecular flexibility index (Phi) is 5.57. The van der Waals surface area contributed by atoms with Crippen LogP contribution in [-0.4, -0.2) is 34.0 Å². The van der Waals surface area contributed by atoms with Crippen LogP contribution in [0.5, 0.6) is 5.75 Å². The molecule has 0 saturated carbocycles. The van der Waals surface area contributed by atoms with Crippen LogP contribution < -0.4 is 0 Å². The Labute approximate surface area is 183 Å². The van der Waals surface area contributed by atoms with Crippen molar-refractivity contribution in [3.8, 4) is 5.75 Å². The SMILES string of the molecule is CC(=O)CN(Cc1ccc2sc(C(C)=O)cc2c1)C(=O)c1ccc2cc(O)ccc2c1. The van der Waals surface area contributed by atoms with Gasteiger partial charge in [0, 0.05) is 16.8 Å². The first-order chi connectivity index (χ1) is 14.8. The van der Waals surface area contributed by atoms with Crippen LogP contribution in [0.2, 0.25) is 0 Å². The number of aromatic hydroxyl groups is 1. The second kappa shape index (κ2) is 8.32. The summed E-state index contributed by atoms with van der Waals surface area (Å²) in [5.41, 5.74) is 1.37. The van der Waals surface area contributed by atoms with Gasteiger partial charge in [-0.1, -0.05) is 18.2 Å². The summed E-state index contributed by atoms with van der Waals surface area (Å²) < 4.78 is 1.01. The molecule has 31 heavy (non-hydrogen) atoms. The number of ketones is 2. The van der Waals surface area contributed by atoms with Crippen LogP contribution >= 0.6 is 11.3 Å². The lowest BCUT2D eigenvalue weighted by Gasteiger charge is -2.22. The number of hydrogen-bond acceptors (Lipinski definition) is 5. The number of fused-ring (bicyclic) bond motifs is 2. The largest absolute Gasteiger partial charge is 0.508 e. The summed E-state index contributed by atoms with van der Waals surface area (Å²) in [7, 11) is 0. The first-order valence-electron chi connectivity index (χ1n) is 9.85. The van der Waals surface area contributed by atoms with Crippen molar-refractivity contribution in [2.45, 2.75) is 20.4 Å². The van der Waals surface area contributed by atoms with Gasteiger partial charge in [0.2, 0.25) is 0 Å². The number of carbonyl (C=O) groups is 3. The van der Waals surface area contributed by atoms with Crippen LogP contribution in [0.15, 0.2) is 60.7 Å². The monoisotopic (exact) mass is 431 g/mol. The van der Waals surface area contributed by atoms with Gasteiger partial charge in [-0.15, -0.1) is 11.3 Å². The summed E-state index contributed by atoms with van der Waals surface area (Å²) >= 11 is 1.45. The molecule has 0 aliphatic rings. The van der Waals surface area contributed by atoms with E-state index in [1.165, 1.54) is 23.2 Å². The van der Waals surface area contributed by atoms with Crippen LogP contribution in [-0.2, 0) is 11.3 Å². The first-order valence-corrected chi connectivity index (χ1v) is 10.7. The van der Waals surface area contributed by atoms with E-state index in [1.54, 1.807) is 43.3 Å². The highest BCUT2D eigenvalue weighted by atomic mass is 32.1. The van der Waals surface area contributed by atoms with Gasteiger partial charge in [-0.25, -0.2) is 0 Å². The molecule has 0 aliphatic heterocycles. The minimum Gasteiger partial charge on any atom is -0.508 e. The molecule has 0 unspecified atom stereocenters. The Hall–Kier alpha value is -3.51. The molecule has 0 radical (unpaired) electrons. The molecule has 3 aromatic carbocycles. The molecular weight excluding hydrogens is 410 g/mol.